The highest BCUT2D eigenvalue weighted by Gasteiger charge is 2.30. The third-order valence-electron chi connectivity index (χ3n) is 4.83. The van der Waals surface area contributed by atoms with E-state index in [0.717, 1.165) is 62.6 Å². The number of amides is 2. The van der Waals surface area contributed by atoms with Crippen LogP contribution < -0.4 is 5.32 Å². The first-order valence-corrected chi connectivity index (χ1v) is 9.66. The van der Waals surface area contributed by atoms with Gasteiger partial charge in [0.1, 0.15) is 0 Å². The molecule has 0 aliphatic carbocycles. The van der Waals surface area contributed by atoms with Crippen molar-refractivity contribution in [1.82, 2.24) is 15.2 Å². The van der Waals surface area contributed by atoms with Gasteiger partial charge in [0.15, 0.2) is 0 Å². The number of nitrogens with zero attached hydrogens (tertiary/aromatic N) is 2. The molecule has 0 saturated carbocycles. The summed E-state index contributed by atoms with van der Waals surface area (Å²) in [6.45, 7) is 5.39. The molecule has 0 radical (unpaired) electrons. The van der Waals surface area contributed by atoms with Crippen LogP contribution >= 0.6 is 11.3 Å². The summed E-state index contributed by atoms with van der Waals surface area (Å²) in [5, 5.41) is 6.28. The van der Waals surface area contributed by atoms with Gasteiger partial charge in [-0.05, 0) is 44.9 Å². The zero-order chi connectivity index (χ0) is 16.1. The lowest BCUT2D eigenvalue weighted by Gasteiger charge is -2.34. The Morgan fingerprint density at radius 1 is 1.43 bits per heavy atom. The number of ether oxygens (including phenoxy) is 1. The number of hydrogen-bond acceptors (Lipinski definition) is 4. The molecule has 2 saturated heterocycles. The number of aryl methyl sites for hydroxylation is 2. The predicted molar refractivity (Wildman–Crippen MR) is 91.8 cm³/mol. The minimum Gasteiger partial charge on any atom is -0.378 e. The smallest absolute Gasteiger partial charge is 0.317 e. The van der Waals surface area contributed by atoms with Crippen molar-refractivity contribution in [2.24, 2.45) is 5.92 Å². The van der Waals surface area contributed by atoms with Crippen LogP contribution in [0, 0.1) is 12.8 Å². The van der Waals surface area contributed by atoms with Crippen molar-refractivity contribution in [3.05, 3.63) is 16.1 Å². The number of thiazole rings is 1. The van der Waals surface area contributed by atoms with Crippen molar-refractivity contribution in [1.29, 1.82) is 0 Å². The second-order valence-electron chi connectivity index (χ2n) is 6.59. The second kappa shape index (κ2) is 8.11. The number of urea groups is 1. The number of piperidine rings is 1. The Morgan fingerprint density at radius 3 is 2.91 bits per heavy atom. The molecule has 128 valence electrons. The molecule has 3 rings (SSSR count). The molecule has 0 bridgehead atoms. The van der Waals surface area contributed by atoms with Crippen LogP contribution in [0.1, 0.15) is 42.8 Å². The Labute approximate surface area is 142 Å². The topological polar surface area (TPSA) is 54.5 Å². The number of rotatable bonds is 5. The molecule has 1 N–H and O–H groups in total. The van der Waals surface area contributed by atoms with Gasteiger partial charge in [0.2, 0.25) is 0 Å². The molecule has 0 unspecified atom stereocenters. The van der Waals surface area contributed by atoms with Gasteiger partial charge in [0.05, 0.1) is 11.1 Å². The maximum absolute atomic E-state index is 12.2. The summed E-state index contributed by atoms with van der Waals surface area (Å²) in [5.74, 6) is 0.648. The number of nitrogens with one attached hydrogen (secondary N) is 1. The van der Waals surface area contributed by atoms with Gasteiger partial charge in [0.25, 0.3) is 0 Å². The lowest BCUT2D eigenvalue weighted by atomic mass is 9.90. The van der Waals surface area contributed by atoms with Gasteiger partial charge in [0, 0.05) is 43.7 Å². The maximum atomic E-state index is 12.2. The maximum Gasteiger partial charge on any atom is 0.317 e. The summed E-state index contributed by atoms with van der Waals surface area (Å²) >= 11 is 1.70. The van der Waals surface area contributed by atoms with Crippen LogP contribution in [0.2, 0.25) is 0 Å². The van der Waals surface area contributed by atoms with E-state index < -0.39 is 0 Å². The fourth-order valence-electron chi connectivity index (χ4n) is 3.51. The van der Waals surface area contributed by atoms with Crippen molar-refractivity contribution in [3.63, 3.8) is 0 Å². The van der Waals surface area contributed by atoms with E-state index in [1.54, 1.807) is 11.3 Å². The van der Waals surface area contributed by atoms with E-state index in [2.05, 4.69) is 15.7 Å². The summed E-state index contributed by atoms with van der Waals surface area (Å²) < 4.78 is 5.79. The monoisotopic (exact) mass is 337 g/mol. The van der Waals surface area contributed by atoms with Gasteiger partial charge >= 0.3 is 6.03 Å². The SMILES string of the molecule is Cc1csc(CCCNC(=O)N2CCC([C@H]3CCCO3)CC2)n1. The first kappa shape index (κ1) is 16.7. The van der Waals surface area contributed by atoms with Gasteiger partial charge in [-0.1, -0.05) is 0 Å². The highest BCUT2D eigenvalue weighted by Crippen LogP contribution is 2.28. The Bertz CT molecular complexity index is 506. The Hall–Kier alpha value is -1.14. The van der Waals surface area contributed by atoms with Crippen molar-refractivity contribution in [2.75, 3.05) is 26.2 Å². The van der Waals surface area contributed by atoms with E-state index >= 15 is 0 Å². The molecular weight excluding hydrogens is 310 g/mol. The van der Waals surface area contributed by atoms with E-state index in [1.807, 2.05) is 11.8 Å². The van der Waals surface area contributed by atoms with Crippen LogP contribution in [-0.4, -0.2) is 48.3 Å². The lowest BCUT2D eigenvalue weighted by Crippen LogP contribution is -2.46. The predicted octanol–water partition coefficient (Wildman–Crippen LogP) is 2.98. The van der Waals surface area contributed by atoms with E-state index in [0.29, 0.717) is 12.0 Å². The molecule has 23 heavy (non-hydrogen) atoms. The van der Waals surface area contributed by atoms with Gasteiger partial charge in [-0.25, -0.2) is 9.78 Å². The Morgan fingerprint density at radius 2 is 2.26 bits per heavy atom. The van der Waals surface area contributed by atoms with Gasteiger partial charge in [-0.2, -0.15) is 0 Å². The second-order valence-corrected chi connectivity index (χ2v) is 7.54. The molecule has 0 aromatic carbocycles. The first-order valence-electron chi connectivity index (χ1n) is 8.78. The van der Waals surface area contributed by atoms with Crippen LogP contribution in [-0.2, 0) is 11.2 Å². The van der Waals surface area contributed by atoms with Crippen molar-refractivity contribution < 1.29 is 9.53 Å². The molecule has 0 spiro atoms. The molecule has 2 aliphatic heterocycles. The van der Waals surface area contributed by atoms with Gasteiger partial charge in [-0.15, -0.1) is 11.3 Å². The van der Waals surface area contributed by atoms with E-state index in [1.165, 1.54) is 12.8 Å². The molecule has 2 fully saturated rings. The number of aromatic nitrogens is 1. The zero-order valence-corrected chi connectivity index (χ0v) is 14.7. The van der Waals surface area contributed by atoms with Crippen molar-refractivity contribution in [2.45, 2.75) is 51.6 Å². The zero-order valence-electron chi connectivity index (χ0n) is 13.9. The summed E-state index contributed by atoms with van der Waals surface area (Å²) in [4.78, 5) is 18.6. The quantitative estimate of drug-likeness (QED) is 0.841. The highest BCUT2D eigenvalue weighted by molar-refractivity contribution is 7.09. The molecule has 1 aromatic rings. The molecule has 2 aliphatic rings. The normalized spacial score (nSPS) is 22.5. The molecule has 1 aromatic heterocycles. The fourth-order valence-corrected chi connectivity index (χ4v) is 4.33. The van der Waals surface area contributed by atoms with E-state index in [9.17, 15) is 4.79 Å². The fraction of sp³-hybridized carbons (Fsp3) is 0.765. The number of hydrogen-bond donors (Lipinski definition) is 1. The summed E-state index contributed by atoms with van der Waals surface area (Å²) in [6, 6.07) is 0.0890. The lowest BCUT2D eigenvalue weighted by molar-refractivity contribution is 0.0372. The molecule has 2 amide bonds. The summed E-state index contributed by atoms with van der Waals surface area (Å²) in [6.07, 6.45) is 6.90. The largest absolute Gasteiger partial charge is 0.378 e. The minimum atomic E-state index is 0.0890. The molecule has 5 nitrogen and oxygen atoms in total. The van der Waals surface area contributed by atoms with Crippen molar-refractivity contribution in [3.8, 4) is 0 Å². The van der Waals surface area contributed by atoms with Crippen molar-refractivity contribution >= 4 is 17.4 Å². The van der Waals surface area contributed by atoms with Crippen LogP contribution in [0.4, 0.5) is 4.79 Å². The van der Waals surface area contributed by atoms with Crippen LogP contribution in [0.5, 0.6) is 0 Å². The van der Waals surface area contributed by atoms with Crippen LogP contribution in [0.15, 0.2) is 5.38 Å². The average Bonchev–Trinajstić information content (AvgIpc) is 3.23. The third kappa shape index (κ3) is 4.67. The number of likely N-dealkylation sites (tertiary alicyclic amines) is 1. The Balaban J connectivity index is 1.31. The molecule has 3 heterocycles. The van der Waals surface area contributed by atoms with E-state index in [-0.39, 0.29) is 6.03 Å². The summed E-state index contributed by atoms with van der Waals surface area (Å²) in [5.41, 5.74) is 1.09. The van der Waals surface area contributed by atoms with Crippen LogP contribution in [0.25, 0.3) is 0 Å². The minimum absolute atomic E-state index is 0.0890. The van der Waals surface area contributed by atoms with E-state index in [4.69, 9.17) is 4.74 Å². The molecular formula is C17H27N3O2S. The average molecular weight is 337 g/mol. The summed E-state index contributed by atoms with van der Waals surface area (Å²) in [7, 11) is 0. The Kier molecular flexibility index (Phi) is 5.89. The number of carbonyl (C=O) groups is 1. The van der Waals surface area contributed by atoms with Gasteiger partial charge < -0.3 is 15.0 Å². The highest BCUT2D eigenvalue weighted by atomic mass is 32.1. The van der Waals surface area contributed by atoms with Crippen LogP contribution in [0.3, 0.4) is 0 Å². The molecule has 6 heteroatoms. The number of carbonyl (C=O) groups excluding carboxylic acids is 1. The third-order valence-corrected chi connectivity index (χ3v) is 5.85. The first-order chi connectivity index (χ1) is 11.2. The molecule has 1 atom stereocenters. The van der Waals surface area contributed by atoms with Gasteiger partial charge in [-0.3, -0.25) is 0 Å². The standard InChI is InChI=1S/C17H27N3O2S/c1-13-12-23-16(19-13)5-2-8-18-17(21)20-9-6-14(7-10-20)15-4-3-11-22-15/h12,14-15H,2-11H2,1H3,(H,18,21)/t15-/m1/s1.